The molecule has 0 radical (unpaired) electrons. The van der Waals surface area contributed by atoms with Crippen LogP contribution in [0.5, 0.6) is 0 Å². The molecule has 0 aliphatic heterocycles. The predicted octanol–water partition coefficient (Wildman–Crippen LogP) is 0.888. The molecule has 7 nitrogen and oxygen atoms in total. The molecule has 0 saturated carbocycles. The van der Waals surface area contributed by atoms with Gasteiger partial charge < -0.3 is 15.4 Å². The van der Waals surface area contributed by atoms with Gasteiger partial charge in [-0.25, -0.2) is 14.4 Å². The van der Waals surface area contributed by atoms with Gasteiger partial charge in [0.1, 0.15) is 6.67 Å². The molecule has 0 aromatic heterocycles. The number of nitrogens with one attached hydrogen (secondary N) is 2. The zero-order valence-corrected chi connectivity index (χ0v) is 9.60. The van der Waals surface area contributed by atoms with E-state index in [2.05, 4.69) is 20.4 Å². The molecular formula is C11H11N3O4. The number of aliphatic imine (C=N–C) groups is 1. The molecule has 0 unspecified atom stereocenters. The zero-order valence-electron chi connectivity index (χ0n) is 9.60. The number of rotatable bonds is 4. The van der Waals surface area contributed by atoms with Gasteiger partial charge >= 0.3 is 12.0 Å². The molecule has 94 valence electrons. The fourth-order valence-electron chi connectivity index (χ4n) is 1.19. The Bertz CT molecular complexity index is 495. The number of ether oxygens (including phenoxy) is 1. The molecule has 1 aromatic rings. The van der Waals surface area contributed by atoms with Crippen LogP contribution in [0.15, 0.2) is 29.3 Å². The number of benzene rings is 1. The number of urea groups is 1. The molecule has 0 aliphatic carbocycles. The van der Waals surface area contributed by atoms with E-state index in [0.29, 0.717) is 5.69 Å². The van der Waals surface area contributed by atoms with Crippen LogP contribution in [-0.4, -0.2) is 31.9 Å². The summed E-state index contributed by atoms with van der Waals surface area (Å²) in [6, 6.07) is 5.78. The first-order valence-electron chi connectivity index (χ1n) is 4.95. The molecule has 1 aromatic carbocycles. The van der Waals surface area contributed by atoms with E-state index < -0.39 is 12.0 Å². The summed E-state index contributed by atoms with van der Waals surface area (Å²) >= 11 is 0. The van der Waals surface area contributed by atoms with Crippen LogP contribution < -0.4 is 10.6 Å². The van der Waals surface area contributed by atoms with Crippen molar-refractivity contribution in [3.8, 4) is 0 Å². The van der Waals surface area contributed by atoms with E-state index in [1.165, 1.54) is 19.3 Å². The van der Waals surface area contributed by atoms with Crippen molar-refractivity contribution in [3.05, 3.63) is 29.8 Å². The van der Waals surface area contributed by atoms with Gasteiger partial charge in [0, 0.05) is 0 Å². The lowest BCUT2D eigenvalue weighted by atomic mass is 10.2. The molecule has 7 heteroatoms. The van der Waals surface area contributed by atoms with Crippen LogP contribution in [0.2, 0.25) is 0 Å². The maximum atomic E-state index is 11.4. The van der Waals surface area contributed by atoms with Crippen LogP contribution in [0.25, 0.3) is 0 Å². The van der Waals surface area contributed by atoms with Crippen molar-refractivity contribution in [2.45, 2.75) is 0 Å². The van der Waals surface area contributed by atoms with Gasteiger partial charge in [0.2, 0.25) is 6.08 Å². The fraction of sp³-hybridized carbons (Fsp3) is 0.182. The summed E-state index contributed by atoms with van der Waals surface area (Å²) in [6.07, 6.45) is 1.28. The maximum Gasteiger partial charge on any atom is 0.339 e. The number of hydrogen-bond acceptors (Lipinski definition) is 5. The molecule has 1 rings (SSSR count). The van der Waals surface area contributed by atoms with Crippen LogP contribution >= 0.6 is 0 Å². The van der Waals surface area contributed by atoms with Crippen molar-refractivity contribution in [2.75, 3.05) is 19.1 Å². The Morgan fingerprint density at radius 1 is 1.39 bits per heavy atom. The Kier molecular flexibility index (Phi) is 5.08. The quantitative estimate of drug-likeness (QED) is 0.470. The van der Waals surface area contributed by atoms with Crippen molar-refractivity contribution >= 4 is 23.8 Å². The van der Waals surface area contributed by atoms with Gasteiger partial charge in [-0.3, -0.25) is 0 Å². The van der Waals surface area contributed by atoms with Crippen molar-refractivity contribution in [1.82, 2.24) is 5.32 Å². The lowest BCUT2D eigenvalue weighted by Gasteiger charge is -2.09. The van der Waals surface area contributed by atoms with Crippen molar-refractivity contribution in [2.24, 2.45) is 4.99 Å². The Morgan fingerprint density at radius 2 is 2.11 bits per heavy atom. The van der Waals surface area contributed by atoms with Crippen molar-refractivity contribution in [3.63, 3.8) is 0 Å². The third-order valence-corrected chi connectivity index (χ3v) is 1.96. The summed E-state index contributed by atoms with van der Waals surface area (Å²) in [6.45, 7) is -0.185. The Hall–Kier alpha value is -2.66. The first-order valence-corrected chi connectivity index (χ1v) is 4.95. The van der Waals surface area contributed by atoms with Gasteiger partial charge in [0.15, 0.2) is 0 Å². The number of esters is 1. The largest absolute Gasteiger partial charge is 0.465 e. The van der Waals surface area contributed by atoms with Gasteiger partial charge in [0.25, 0.3) is 0 Å². The molecular weight excluding hydrogens is 238 g/mol. The molecule has 0 fully saturated rings. The summed E-state index contributed by atoms with van der Waals surface area (Å²) < 4.78 is 4.58. The number of nitrogens with zero attached hydrogens (tertiary/aromatic N) is 1. The van der Waals surface area contributed by atoms with E-state index >= 15 is 0 Å². The molecule has 2 amide bonds. The van der Waals surface area contributed by atoms with E-state index in [4.69, 9.17) is 0 Å². The average molecular weight is 249 g/mol. The first-order chi connectivity index (χ1) is 8.69. The highest BCUT2D eigenvalue weighted by atomic mass is 16.5. The maximum absolute atomic E-state index is 11.4. The molecule has 0 spiro atoms. The van der Waals surface area contributed by atoms with Crippen LogP contribution in [-0.2, 0) is 9.53 Å². The van der Waals surface area contributed by atoms with Crippen molar-refractivity contribution in [1.29, 1.82) is 0 Å². The lowest BCUT2D eigenvalue weighted by molar-refractivity contribution is 0.0602. The minimum atomic E-state index is -0.592. The average Bonchev–Trinajstić information content (AvgIpc) is 2.39. The number of anilines is 1. The van der Waals surface area contributed by atoms with Crippen molar-refractivity contribution < 1.29 is 19.1 Å². The van der Waals surface area contributed by atoms with Crippen LogP contribution in [0.3, 0.4) is 0 Å². The Labute approximate surface area is 103 Å². The van der Waals surface area contributed by atoms with E-state index in [1.807, 2.05) is 0 Å². The highest BCUT2D eigenvalue weighted by Gasteiger charge is 2.12. The van der Waals surface area contributed by atoms with E-state index in [9.17, 15) is 14.4 Å². The number of carbonyl (C=O) groups is 2. The highest BCUT2D eigenvalue weighted by molar-refractivity contribution is 6.00. The number of isocyanates is 1. The summed E-state index contributed by atoms with van der Waals surface area (Å²) in [5.41, 5.74) is 0.533. The molecule has 18 heavy (non-hydrogen) atoms. The van der Waals surface area contributed by atoms with Gasteiger partial charge in [-0.05, 0) is 12.1 Å². The summed E-state index contributed by atoms with van der Waals surface area (Å²) in [4.78, 5) is 35.8. The second-order valence-corrected chi connectivity index (χ2v) is 3.08. The second-order valence-electron chi connectivity index (χ2n) is 3.08. The smallest absolute Gasteiger partial charge is 0.339 e. The summed E-state index contributed by atoms with van der Waals surface area (Å²) in [7, 11) is 1.25. The number of para-hydroxylation sites is 1. The first kappa shape index (κ1) is 13.4. The Morgan fingerprint density at radius 3 is 2.78 bits per heavy atom. The van der Waals surface area contributed by atoms with E-state index in [-0.39, 0.29) is 12.2 Å². The third kappa shape index (κ3) is 3.73. The van der Waals surface area contributed by atoms with E-state index in [0.717, 1.165) is 0 Å². The normalized spacial score (nSPS) is 8.94. The molecule has 2 N–H and O–H groups in total. The van der Waals surface area contributed by atoms with Crippen LogP contribution in [0.1, 0.15) is 10.4 Å². The topological polar surface area (TPSA) is 96.9 Å². The molecule has 0 bridgehead atoms. The summed E-state index contributed by atoms with van der Waals surface area (Å²) in [5.74, 6) is -0.559. The van der Waals surface area contributed by atoms with Crippen LogP contribution in [0, 0.1) is 0 Å². The number of methoxy groups -OCH3 is 1. The SMILES string of the molecule is COC(=O)c1ccccc1NC(=O)NCN=C=O. The van der Waals surface area contributed by atoms with Gasteiger partial charge in [-0.15, -0.1) is 0 Å². The summed E-state index contributed by atoms with van der Waals surface area (Å²) in [5, 5.41) is 4.73. The minimum absolute atomic E-state index is 0.185. The van der Waals surface area contributed by atoms with Gasteiger partial charge in [-0.2, -0.15) is 4.99 Å². The molecule has 0 aliphatic rings. The lowest BCUT2D eigenvalue weighted by Crippen LogP contribution is -2.29. The molecule has 0 atom stereocenters. The van der Waals surface area contributed by atoms with Crippen LogP contribution in [0.4, 0.5) is 10.5 Å². The number of hydrogen-bond donors (Lipinski definition) is 2. The molecule has 0 heterocycles. The van der Waals surface area contributed by atoms with Gasteiger partial charge in [0.05, 0.1) is 18.4 Å². The highest BCUT2D eigenvalue weighted by Crippen LogP contribution is 2.15. The van der Waals surface area contributed by atoms with E-state index in [1.54, 1.807) is 18.2 Å². The minimum Gasteiger partial charge on any atom is -0.465 e. The Balaban J connectivity index is 2.74. The number of carbonyl (C=O) groups excluding carboxylic acids is 3. The zero-order chi connectivity index (χ0) is 13.4. The standard InChI is InChI=1S/C11H11N3O4/c1-18-10(16)8-4-2-3-5-9(8)14-11(17)13-6-12-7-15/h2-5H,6H2,1H3,(H2,13,14,17). The van der Waals surface area contributed by atoms with Gasteiger partial charge in [-0.1, -0.05) is 12.1 Å². The third-order valence-electron chi connectivity index (χ3n) is 1.96. The predicted molar refractivity (Wildman–Crippen MR) is 62.9 cm³/mol. The fourth-order valence-corrected chi connectivity index (χ4v) is 1.19. The second kappa shape index (κ2) is 6.82. The monoisotopic (exact) mass is 249 g/mol. The number of amides is 2. The molecule has 0 saturated heterocycles.